The minimum atomic E-state index is -4.79. The zero-order valence-electron chi connectivity index (χ0n) is 12.6. The molecule has 21 heavy (non-hydrogen) atoms. The Morgan fingerprint density at radius 2 is 1.43 bits per heavy atom. The summed E-state index contributed by atoms with van der Waals surface area (Å²) >= 11 is 0. The summed E-state index contributed by atoms with van der Waals surface area (Å²) in [5.41, 5.74) is 0. The zero-order valence-corrected chi connectivity index (χ0v) is 12.6. The number of piperazine rings is 1. The summed E-state index contributed by atoms with van der Waals surface area (Å²) in [5.74, 6) is -1.74. The van der Waals surface area contributed by atoms with Crippen LogP contribution in [0.15, 0.2) is 0 Å². The highest BCUT2D eigenvalue weighted by molar-refractivity contribution is 5.82. The Labute approximate surface area is 122 Å². The summed E-state index contributed by atoms with van der Waals surface area (Å²) in [6.07, 6.45) is -4.79. The first-order valence-corrected chi connectivity index (χ1v) is 7.14. The number of carbonyl (C=O) groups excluding carboxylic acids is 2. The number of nitrogens with zero attached hydrogens (tertiary/aromatic N) is 3. The number of alkyl halides is 3. The number of amides is 2. The van der Waals surface area contributed by atoms with Gasteiger partial charge in [-0.15, -0.1) is 0 Å². The molecule has 0 aromatic carbocycles. The van der Waals surface area contributed by atoms with E-state index in [-0.39, 0.29) is 25.0 Å². The van der Waals surface area contributed by atoms with E-state index < -0.39 is 12.1 Å². The van der Waals surface area contributed by atoms with Crippen LogP contribution >= 0.6 is 0 Å². The van der Waals surface area contributed by atoms with Crippen LogP contribution in [0.3, 0.4) is 0 Å². The monoisotopic (exact) mass is 309 g/mol. The van der Waals surface area contributed by atoms with E-state index >= 15 is 0 Å². The van der Waals surface area contributed by atoms with Gasteiger partial charge >= 0.3 is 12.1 Å². The Bertz CT molecular complexity index is 373. The minimum absolute atomic E-state index is 0.0159. The van der Waals surface area contributed by atoms with Gasteiger partial charge in [-0.3, -0.25) is 14.5 Å². The smallest absolute Gasteiger partial charge is 0.340 e. The fraction of sp³-hybridized carbons (Fsp3) is 0.846. The van der Waals surface area contributed by atoms with Crippen molar-refractivity contribution in [2.45, 2.75) is 33.0 Å². The molecular weight excluding hydrogens is 287 g/mol. The molecule has 0 atom stereocenters. The van der Waals surface area contributed by atoms with Crippen LogP contribution in [0.2, 0.25) is 0 Å². The van der Waals surface area contributed by atoms with Crippen LogP contribution < -0.4 is 0 Å². The van der Waals surface area contributed by atoms with Gasteiger partial charge in [0, 0.05) is 52.2 Å². The van der Waals surface area contributed by atoms with Gasteiger partial charge < -0.3 is 9.80 Å². The summed E-state index contributed by atoms with van der Waals surface area (Å²) in [7, 11) is 0. The second-order valence-corrected chi connectivity index (χ2v) is 4.90. The Morgan fingerprint density at radius 1 is 0.952 bits per heavy atom. The van der Waals surface area contributed by atoms with Crippen LogP contribution in [0, 0.1) is 0 Å². The Kier molecular flexibility index (Phi) is 6.00. The van der Waals surface area contributed by atoms with Crippen molar-refractivity contribution in [3.63, 3.8) is 0 Å². The number of carbonyl (C=O) groups is 2. The van der Waals surface area contributed by atoms with Crippen molar-refractivity contribution >= 4 is 11.8 Å². The molecule has 2 aliphatic rings. The van der Waals surface area contributed by atoms with Crippen molar-refractivity contribution in [1.29, 1.82) is 0 Å². The summed E-state index contributed by atoms with van der Waals surface area (Å²) in [4.78, 5) is 26.7. The van der Waals surface area contributed by atoms with Gasteiger partial charge in [-0.25, -0.2) is 0 Å². The van der Waals surface area contributed by atoms with Gasteiger partial charge in [0.2, 0.25) is 5.91 Å². The third-order valence-corrected chi connectivity index (χ3v) is 3.67. The molecule has 2 saturated heterocycles. The Balaban J connectivity index is 0.00000106. The van der Waals surface area contributed by atoms with Crippen LogP contribution in [-0.4, -0.2) is 78.0 Å². The van der Waals surface area contributed by atoms with Gasteiger partial charge in [0.05, 0.1) is 0 Å². The van der Waals surface area contributed by atoms with E-state index in [1.165, 1.54) is 6.92 Å². The van der Waals surface area contributed by atoms with Crippen LogP contribution in [0.5, 0.6) is 0 Å². The number of hydrogen-bond donors (Lipinski definition) is 0. The lowest BCUT2D eigenvalue weighted by molar-refractivity contribution is -0.187. The molecule has 0 bridgehead atoms. The molecule has 5 nitrogen and oxygen atoms in total. The van der Waals surface area contributed by atoms with Gasteiger partial charge in [0.1, 0.15) is 0 Å². The van der Waals surface area contributed by atoms with E-state index in [1.54, 1.807) is 4.90 Å². The molecule has 2 rings (SSSR count). The fourth-order valence-corrected chi connectivity index (χ4v) is 2.41. The first-order valence-electron chi connectivity index (χ1n) is 7.14. The lowest BCUT2D eigenvalue weighted by atomic mass is 10.1. The van der Waals surface area contributed by atoms with Gasteiger partial charge in [-0.2, -0.15) is 13.2 Å². The highest BCUT2D eigenvalue weighted by Crippen LogP contribution is 2.21. The van der Waals surface area contributed by atoms with Gasteiger partial charge in [0.15, 0.2) is 0 Å². The van der Waals surface area contributed by atoms with E-state index in [0.29, 0.717) is 26.2 Å². The molecule has 0 aromatic heterocycles. The maximum absolute atomic E-state index is 12.3. The van der Waals surface area contributed by atoms with Crippen molar-refractivity contribution in [3.8, 4) is 0 Å². The Morgan fingerprint density at radius 3 is 1.81 bits per heavy atom. The minimum Gasteiger partial charge on any atom is -0.340 e. The molecule has 0 unspecified atom stereocenters. The normalized spacial score (nSPS) is 20.5. The first kappa shape index (κ1) is 17.7. The molecule has 0 saturated carbocycles. The predicted octanol–water partition coefficient (Wildman–Crippen LogP) is 0.950. The summed E-state index contributed by atoms with van der Waals surface area (Å²) in [6.45, 7) is 7.79. The van der Waals surface area contributed by atoms with Gasteiger partial charge in [0.25, 0.3) is 0 Å². The van der Waals surface area contributed by atoms with Crippen molar-refractivity contribution in [1.82, 2.24) is 14.7 Å². The van der Waals surface area contributed by atoms with E-state index in [2.05, 4.69) is 0 Å². The predicted molar refractivity (Wildman–Crippen MR) is 71.6 cm³/mol. The van der Waals surface area contributed by atoms with Crippen molar-refractivity contribution in [2.24, 2.45) is 0 Å². The average molecular weight is 309 g/mol. The molecule has 8 heteroatoms. The van der Waals surface area contributed by atoms with Crippen molar-refractivity contribution in [2.75, 3.05) is 39.3 Å². The lowest BCUT2D eigenvalue weighted by Crippen LogP contribution is -2.64. The molecule has 0 radical (unpaired) electrons. The van der Waals surface area contributed by atoms with Crippen LogP contribution in [0.1, 0.15) is 20.8 Å². The molecule has 0 aliphatic carbocycles. The second-order valence-electron chi connectivity index (χ2n) is 4.90. The van der Waals surface area contributed by atoms with Crippen LogP contribution in [-0.2, 0) is 9.59 Å². The highest BCUT2D eigenvalue weighted by Gasteiger charge is 2.44. The van der Waals surface area contributed by atoms with E-state index in [0.717, 1.165) is 4.90 Å². The first-order chi connectivity index (χ1) is 9.79. The lowest BCUT2D eigenvalue weighted by Gasteiger charge is -2.47. The fourth-order valence-electron chi connectivity index (χ4n) is 2.41. The maximum Gasteiger partial charge on any atom is 0.471 e. The molecular formula is C13H22F3N3O2. The molecule has 122 valence electrons. The largest absolute Gasteiger partial charge is 0.471 e. The Hall–Kier alpha value is -1.31. The third kappa shape index (κ3) is 4.33. The SMILES string of the molecule is CC.CC(=O)N1CC(N2CCN(C(=O)C(F)(F)F)CC2)C1. The second kappa shape index (κ2) is 7.11. The maximum atomic E-state index is 12.3. The van der Waals surface area contributed by atoms with Gasteiger partial charge in [-0.1, -0.05) is 13.8 Å². The van der Waals surface area contributed by atoms with Gasteiger partial charge in [-0.05, 0) is 0 Å². The van der Waals surface area contributed by atoms with Crippen LogP contribution in [0.25, 0.3) is 0 Å². The topological polar surface area (TPSA) is 43.9 Å². The molecule has 0 aromatic rings. The number of hydrogen-bond acceptors (Lipinski definition) is 3. The van der Waals surface area contributed by atoms with Crippen molar-refractivity contribution in [3.05, 3.63) is 0 Å². The van der Waals surface area contributed by atoms with E-state index in [9.17, 15) is 22.8 Å². The van der Waals surface area contributed by atoms with Crippen molar-refractivity contribution < 1.29 is 22.8 Å². The molecule has 2 amide bonds. The molecule has 0 spiro atoms. The average Bonchev–Trinajstić information content (AvgIpc) is 2.38. The molecule has 2 fully saturated rings. The highest BCUT2D eigenvalue weighted by atomic mass is 19.4. The third-order valence-electron chi connectivity index (χ3n) is 3.67. The molecule has 2 aliphatic heterocycles. The van der Waals surface area contributed by atoms with E-state index in [4.69, 9.17) is 0 Å². The number of halogens is 3. The summed E-state index contributed by atoms with van der Waals surface area (Å²) in [5, 5.41) is 0. The summed E-state index contributed by atoms with van der Waals surface area (Å²) in [6, 6.07) is 0.215. The van der Waals surface area contributed by atoms with Crippen LogP contribution in [0.4, 0.5) is 13.2 Å². The quantitative estimate of drug-likeness (QED) is 0.724. The number of rotatable bonds is 1. The number of likely N-dealkylation sites (tertiary alicyclic amines) is 1. The van der Waals surface area contributed by atoms with E-state index in [1.807, 2.05) is 18.7 Å². The summed E-state index contributed by atoms with van der Waals surface area (Å²) < 4.78 is 36.8. The zero-order chi connectivity index (χ0) is 16.2. The molecule has 2 heterocycles. The standard InChI is InChI=1S/C11H16F3N3O2.C2H6/c1-8(18)17-6-9(7-17)15-2-4-16(5-3-15)10(19)11(12,13)14;1-2/h9H,2-7H2,1H3;1-2H3. The molecule has 0 N–H and O–H groups in total.